The summed E-state index contributed by atoms with van der Waals surface area (Å²) in [6.45, 7) is 10.5. The van der Waals surface area contributed by atoms with Gasteiger partial charge in [0.1, 0.15) is 17.5 Å². The van der Waals surface area contributed by atoms with Gasteiger partial charge in [0, 0.05) is 38.0 Å². The number of hydrogen-bond donors (Lipinski definition) is 1. The first-order chi connectivity index (χ1) is 13.0. The molecule has 0 aliphatic carbocycles. The number of carbonyl (C=O) groups is 3. The predicted molar refractivity (Wildman–Crippen MR) is 96.5 cm³/mol. The molecular formula is C18H22N4O5. The second kappa shape index (κ2) is 12.1. The van der Waals surface area contributed by atoms with Gasteiger partial charge in [0.15, 0.2) is 0 Å². The summed E-state index contributed by atoms with van der Waals surface area (Å²) in [6.07, 6.45) is 4.26. The summed E-state index contributed by atoms with van der Waals surface area (Å²) in [7, 11) is 0. The minimum atomic E-state index is -0.534. The van der Waals surface area contributed by atoms with Crippen LogP contribution in [0.1, 0.15) is 17.5 Å². The Morgan fingerprint density at radius 2 is 1.22 bits per heavy atom. The molecule has 144 valence electrons. The van der Waals surface area contributed by atoms with Gasteiger partial charge in [-0.25, -0.2) is 24.5 Å². The third kappa shape index (κ3) is 9.05. The Bertz CT molecular complexity index is 610. The van der Waals surface area contributed by atoms with Crippen LogP contribution in [0.3, 0.4) is 0 Å². The van der Waals surface area contributed by atoms with Crippen molar-refractivity contribution in [2.75, 3.05) is 19.8 Å². The van der Waals surface area contributed by atoms with Crippen molar-refractivity contribution >= 4 is 17.8 Å². The van der Waals surface area contributed by atoms with E-state index < -0.39 is 11.9 Å². The maximum Gasteiger partial charge on any atom is 0.330 e. The van der Waals surface area contributed by atoms with Gasteiger partial charge in [0.05, 0.1) is 13.2 Å². The van der Waals surface area contributed by atoms with Crippen molar-refractivity contribution in [2.24, 2.45) is 0 Å². The first kappa shape index (κ1) is 21.7. The highest BCUT2D eigenvalue weighted by atomic mass is 16.5. The lowest BCUT2D eigenvalue weighted by atomic mass is 10.3. The Hall–Kier alpha value is -3.36. The molecule has 1 amide bonds. The standard InChI is InChI=1S/C18H22N4O5/c1-4-16(23)19-10-7-13-20-14(8-11-26-17(24)5-2)22-15(21-13)9-12-27-18(25)6-3/h4-6H,1-3,7-12H2,(H,19,23). The van der Waals surface area contributed by atoms with Gasteiger partial charge in [-0.15, -0.1) is 0 Å². The summed E-state index contributed by atoms with van der Waals surface area (Å²) in [6, 6.07) is 0. The highest BCUT2D eigenvalue weighted by molar-refractivity contribution is 5.86. The molecule has 1 N–H and O–H groups in total. The van der Waals surface area contributed by atoms with Gasteiger partial charge >= 0.3 is 11.9 Å². The van der Waals surface area contributed by atoms with Gasteiger partial charge in [-0.3, -0.25) is 4.79 Å². The van der Waals surface area contributed by atoms with E-state index in [0.29, 0.717) is 30.4 Å². The largest absolute Gasteiger partial charge is 0.462 e. The molecule has 0 radical (unpaired) electrons. The molecule has 1 rings (SSSR count). The van der Waals surface area contributed by atoms with Gasteiger partial charge in [-0.2, -0.15) is 0 Å². The number of esters is 2. The minimum absolute atomic E-state index is 0.0897. The van der Waals surface area contributed by atoms with Crippen LogP contribution in [-0.2, 0) is 43.1 Å². The zero-order valence-electron chi connectivity index (χ0n) is 15.0. The molecule has 0 saturated heterocycles. The van der Waals surface area contributed by atoms with Crippen molar-refractivity contribution in [2.45, 2.75) is 19.3 Å². The summed E-state index contributed by atoms with van der Waals surface area (Å²) in [4.78, 5) is 46.3. The third-order valence-electron chi connectivity index (χ3n) is 3.08. The summed E-state index contributed by atoms with van der Waals surface area (Å²) < 4.78 is 9.85. The molecule has 1 aromatic heterocycles. The second-order valence-corrected chi connectivity index (χ2v) is 5.07. The molecular weight excluding hydrogens is 352 g/mol. The van der Waals surface area contributed by atoms with Crippen molar-refractivity contribution in [3.8, 4) is 0 Å². The van der Waals surface area contributed by atoms with Crippen LogP contribution in [0.15, 0.2) is 38.0 Å². The quantitative estimate of drug-likeness (QED) is 0.409. The molecule has 0 bridgehead atoms. The van der Waals surface area contributed by atoms with E-state index in [1.165, 1.54) is 6.08 Å². The predicted octanol–water partition coefficient (Wildman–Crippen LogP) is 0.260. The Balaban J connectivity index is 2.76. The lowest BCUT2D eigenvalue weighted by molar-refractivity contribution is -0.138. The summed E-state index contributed by atoms with van der Waals surface area (Å²) in [5.41, 5.74) is 0. The van der Waals surface area contributed by atoms with Gasteiger partial charge in [-0.05, 0) is 6.08 Å². The average Bonchev–Trinajstić information content (AvgIpc) is 2.67. The molecule has 9 heteroatoms. The summed E-state index contributed by atoms with van der Waals surface area (Å²) in [5, 5.41) is 2.63. The number of aromatic nitrogens is 3. The van der Waals surface area contributed by atoms with E-state index in [9.17, 15) is 14.4 Å². The van der Waals surface area contributed by atoms with Crippen LogP contribution in [0.4, 0.5) is 0 Å². The van der Waals surface area contributed by atoms with E-state index >= 15 is 0 Å². The van der Waals surface area contributed by atoms with E-state index in [2.05, 4.69) is 40.0 Å². The number of hydrogen-bond acceptors (Lipinski definition) is 8. The van der Waals surface area contributed by atoms with Crippen LogP contribution in [0.25, 0.3) is 0 Å². The van der Waals surface area contributed by atoms with Crippen LogP contribution < -0.4 is 5.32 Å². The fraction of sp³-hybridized carbons (Fsp3) is 0.333. The Kier molecular flexibility index (Phi) is 9.69. The number of ether oxygens (including phenoxy) is 2. The SMILES string of the molecule is C=CC(=O)NCCc1nc(CCOC(=O)C=C)nc(CCOC(=O)C=C)n1. The fourth-order valence-corrected chi connectivity index (χ4v) is 1.83. The topological polar surface area (TPSA) is 120 Å². The first-order valence-corrected chi connectivity index (χ1v) is 8.19. The molecule has 0 aliphatic heterocycles. The zero-order chi connectivity index (χ0) is 20.1. The van der Waals surface area contributed by atoms with Crippen molar-refractivity contribution < 1.29 is 23.9 Å². The maximum absolute atomic E-state index is 11.2. The van der Waals surface area contributed by atoms with Crippen LogP contribution in [0, 0.1) is 0 Å². The Morgan fingerprint density at radius 1 is 0.778 bits per heavy atom. The molecule has 0 spiro atoms. The maximum atomic E-state index is 11.2. The number of rotatable bonds is 12. The normalized spacial score (nSPS) is 9.78. The van der Waals surface area contributed by atoms with E-state index in [-0.39, 0.29) is 32.0 Å². The number of nitrogens with zero attached hydrogens (tertiary/aromatic N) is 3. The first-order valence-electron chi connectivity index (χ1n) is 8.19. The van der Waals surface area contributed by atoms with Crippen LogP contribution in [0.2, 0.25) is 0 Å². The zero-order valence-corrected chi connectivity index (χ0v) is 15.0. The van der Waals surface area contributed by atoms with Crippen molar-refractivity contribution in [1.82, 2.24) is 20.3 Å². The Morgan fingerprint density at radius 3 is 1.63 bits per heavy atom. The van der Waals surface area contributed by atoms with Crippen molar-refractivity contribution in [3.05, 3.63) is 55.4 Å². The highest BCUT2D eigenvalue weighted by Gasteiger charge is 2.09. The smallest absolute Gasteiger partial charge is 0.330 e. The molecule has 9 nitrogen and oxygen atoms in total. The van der Waals surface area contributed by atoms with Crippen LogP contribution in [-0.4, -0.2) is 52.6 Å². The number of nitrogens with one attached hydrogen (secondary N) is 1. The second-order valence-electron chi connectivity index (χ2n) is 5.07. The van der Waals surface area contributed by atoms with E-state index in [1.807, 2.05) is 0 Å². The summed E-state index contributed by atoms with van der Waals surface area (Å²) in [5.74, 6) is -0.0449. The molecule has 1 heterocycles. The van der Waals surface area contributed by atoms with Gasteiger partial charge < -0.3 is 14.8 Å². The van der Waals surface area contributed by atoms with Gasteiger partial charge in [0.25, 0.3) is 0 Å². The third-order valence-corrected chi connectivity index (χ3v) is 3.08. The van der Waals surface area contributed by atoms with E-state index in [1.54, 1.807) is 0 Å². The molecule has 27 heavy (non-hydrogen) atoms. The molecule has 0 fully saturated rings. The average molecular weight is 374 g/mol. The van der Waals surface area contributed by atoms with E-state index in [4.69, 9.17) is 9.47 Å². The van der Waals surface area contributed by atoms with E-state index in [0.717, 1.165) is 12.2 Å². The molecule has 0 unspecified atom stereocenters. The van der Waals surface area contributed by atoms with Crippen LogP contribution >= 0.6 is 0 Å². The molecule has 0 aliphatic rings. The molecule has 1 aromatic rings. The fourth-order valence-electron chi connectivity index (χ4n) is 1.83. The number of amides is 1. The molecule has 0 atom stereocenters. The number of carbonyl (C=O) groups excluding carboxylic acids is 3. The highest BCUT2D eigenvalue weighted by Crippen LogP contribution is 2.01. The van der Waals surface area contributed by atoms with Crippen molar-refractivity contribution in [1.29, 1.82) is 0 Å². The lowest BCUT2D eigenvalue weighted by Gasteiger charge is -2.08. The van der Waals surface area contributed by atoms with Gasteiger partial charge in [0.2, 0.25) is 5.91 Å². The Labute approximate surface area is 157 Å². The molecule has 0 aromatic carbocycles. The van der Waals surface area contributed by atoms with Gasteiger partial charge in [-0.1, -0.05) is 19.7 Å². The minimum Gasteiger partial charge on any atom is -0.462 e. The summed E-state index contributed by atoms with van der Waals surface area (Å²) >= 11 is 0. The lowest BCUT2D eigenvalue weighted by Crippen LogP contribution is -2.24. The molecule has 0 saturated carbocycles. The van der Waals surface area contributed by atoms with Crippen LogP contribution in [0.5, 0.6) is 0 Å². The van der Waals surface area contributed by atoms with Crippen molar-refractivity contribution in [3.63, 3.8) is 0 Å². The monoisotopic (exact) mass is 374 g/mol.